The summed E-state index contributed by atoms with van der Waals surface area (Å²) in [4.78, 5) is 16.8. The van der Waals surface area contributed by atoms with Crippen LogP contribution in [0.4, 0.5) is 5.82 Å². The van der Waals surface area contributed by atoms with Crippen LogP contribution >= 0.6 is 46.0 Å². The van der Waals surface area contributed by atoms with Crippen molar-refractivity contribution in [2.75, 3.05) is 37.8 Å². The maximum Gasteiger partial charge on any atom is 0.234 e. The van der Waals surface area contributed by atoms with E-state index in [0.717, 1.165) is 42.3 Å². The molecule has 2 aromatic heterocycles. The number of anilines is 1. The number of ether oxygens (including phenoxy) is 3. The second-order valence-corrected chi connectivity index (χ2v) is 11.5. The lowest BCUT2D eigenvalue weighted by molar-refractivity contribution is -0.0813. The lowest BCUT2D eigenvalue weighted by atomic mass is 9.75. The van der Waals surface area contributed by atoms with E-state index >= 15 is 0 Å². The first-order chi connectivity index (χ1) is 16.4. The molecular weight excluding hydrogens is 593 g/mol. The van der Waals surface area contributed by atoms with Gasteiger partial charge in [0, 0.05) is 35.6 Å². The molecule has 0 radical (unpaired) electrons. The molecule has 2 aromatic rings. The molecule has 5 rings (SSSR count). The molecule has 3 fully saturated rings. The number of aryl methyl sites for hydroxylation is 1. The van der Waals surface area contributed by atoms with Crippen LogP contribution in [0, 0.1) is 12.3 Å². The lowest BCUT2D eigenvalue weighted by Crippen LogP contribution is -2.50. The van der Waals surface area contributed by atoms with Crippen LogP contribution < -0.4 is 15.4 Å². The van der Waals surface area contributed by atoms with Crippen LogP contribution in [0.3, 0.4) is 0 Å². The van der Waals surface area contributed by atoms with E-state index in [9.17, 15) is 5.11 Å². The Labute approximate surface area is 221 Å². The summed E-state index contributed by atoms with van der Waals surface area (Å²) in [5, 5.41) is 11.2. The van der Waals surface area contributed by atoms with Gasteiger partial charge in [0.2, 0.25) is 5.88 Å². The summed E-state index contributed by atoms with van der Waals surface area (Å²) >= 11 is 10.2. The molecule has 3 saturated heterocycles. The highest BCUT2D eigenvalue weighted by Gasteiger charge is 2.48. The smallest absolute Gasteiger partial charge is 0.234 e. The van der Waals surface area contributed by atoms with E-state index in [1.54, 1.807) is 6.20 Å². The Morgan fingerprint density at radius 1 is 1.35 bits per heavy atom. The van der Waals surface area contributed by atoms with Gasteiger partial charge in [0.25, 0.3) is 0 Å². The summed E-state index contributed by atoms with van der Waals surface area (Å²) in [7, 11) is 0. The molecule has 0 saturated carbocycles. The normalized spacial score (nSPS) is 24.4. The highest BCUT2D eigenvalue weighted by Crippen LogP contribution is 2.44. The van der Waals surface area contributed by atoms with Crippen LogP contribution in [0.15, 0.2) is 22.2 Å². The molecule has 3 aliphatic rings. The van der Waals surface area contributed by atoms with Crippen molar-refractivity contribution in [3.05, 3.63) is 28.7 Å². The lowest BCUT2D eigenvalue weighted by Gasteiger charge is -2.41. The molecule has 0 aromatic carbocycles. The second kappa shape index (κ2) is 10.2. The summed E-state index contributed by atoms with van der Waals surface area (Å²) in [6.07, 6.45) is 3.49. The zero-order chi connectivity index (χ0) is 23.9. The second-order valence-electron chi connectivity index (χ2n) is 8.89. The van der Waals surface area contributed by atoms with E-state index in [1.807, 2.05) is 13.0 Å². The fourth-order valence-electron chi connectivity index (χ4n) is 4.46. The third-order valence-electron chi connectivity index (χ3n) is 6.72. The van der Waals surface area contributed by atoms with Crippen molar-refractivity contribution in [1.82, 2.24) is 15.0 Å². The van der Waals surface area contributed by atoms with Gasteiger partial charge in [-0.1, -0.05) is 23.4 Å². The van der Waals surface area contributed by atoms with Crippen LogP contribution in [-0.4, -0.2) is 69.2 Å². The molecule has 3 N–H and O–H groups in total. The molecule has 1 spiro atoms. The van der Waals surface area contributed by atoms with Crippen LogP contribution in [-0.2, 0) is 16.1 Å². The van der Waals surface area contributed by atoms with E-state index in [-0.39, 0.29) is 28.3 Å². The standard InChI is InChI=1S/C22H27ClIN5O4S/c1-12-21(34-15-2-5-26-20(16(15)23)33-13-9-31-10-13)28-14(8-30)19(27-12)29-6-3-22(4-7-29)11-32-18(24)17(22)25/h2,5,13,17-18,30H,3-4,6-11,25H2,1H3/t17-,18-/m1/s1. The number of piperidine rings is 1. The fraction of sp³-hybridized carbons (Fsp3) is 0.591. The summed E-state index contributed by atoms with van der Waals surface area (Å²) < 4.78 is 16.8. The third-order valence-corrected chi connectivity index (χ3v) is 9.47. The Morgan fingerprint density at radius 3 is 2.74 bits per heavy atom. The minimum absolute atomic E-state index is 0.0173. The van der Waals surface area contributed by atoms with Crippen LogP contribution in [0.1, 0.15) is 24.2 Å². The molecule has 9 nitrogen and oxygen atoms in total. The first-order valence-electron chi connectivity index (χ1n) is 11.2. The summed E-state index contributed by atoms with van der Waals surface area (Å²) in [5.41, 5.74) is 7.79. The average Bonchev–Trinajstić information content (AvgIpc) is 3.08. The van der Waals surface area contributed by atoms with E-state index < -0.39 is 0 Å². The van der Waals surface area contributed by atoms with E-state index in [0.29, 0.717) is 41.4 Å². The van der Waals surface area contributed by atoms with Gasteiger partial charge in [-0.3, -0.25) is 0 Å². The largest absolute Gasteiger partial charge is 0.468 e. The maximum absolute atomic E-state index is 10.1. The van der Waals surface area contributed by atoms with Crippen molar-refractivity contribution >= 4 is 51.8 Å². The number of aliphatic hydroxyl groups excluding tert-OH is 1. The third kappa shape index (κ3) is 4.72. The Morgan fingerprint density at radius 2 is 2.12 bits per heavy atom. The number of nitrogens with zero attached hydrogens (tertiary/aromatic N) is 4. The van der Waals surface area contributed by atoms with Gasteiger partial charge in [0.15, 0.2) is 5.82 Å². The van der Waals surface area contributed by atoms with Crippen molar-refractivity contribution in [2.45, 2.75) is 52.6 Å². The van der Waals surface area contributed by atoms with Gasteiger partial charge in [0.05, 0.1) is 32.1 Å². The van der Waals surface area contributed by atoms with Crippen LogP contribution in [0.2, 0.25) is 5.02 Å². The monoisotopic (exact) mass is 619 g/mol. The number of nitrogens with two attached hydrogens (primary N) is 1. The first kappa shape index (κ1) is 24.7. The van der Waals surface area contributed by atoms with E-state index in [4.69, 9.17) is 41.5 Å². The number of pyridine rings is 1. The minimum atomic E-state index is -0.198. The number of aliphatic hydroxyl groups is 1. The summed E-state index contributed by atoms with van der Waals surface area (Å²) in [5.74, 6) is 1.11. The number of alkyl halides is 1. The van der Waals surface area contributed by atoms with E-state index in [2.05, 4.69) is 32.5 Å². The van der Waals surface area contributed by atoms with Gasteiger partial charge in [-0.05, 0) is 48.4 Å². The molecule has 184 valence electrons. The highest BCUT2D eigenvalue weighted by atomic mass is 127. The molecule has 2 atom stereocenters. The van der Waals surface area contributed by atoms with Crippen molar-refractivity contribution < 1.29 is 19.3 Å². The maximum atomic E-state index is 10.1. The van der Waals surface area contributed by atoms with Gasteiger partial charge in [-0.25, -0.2) is 15.0 Å². The Kier molecular flexibility index (Phi) is 7.41. The van der Waals surface area contributed by atoms with Crippen LogP contribution in [0.25, 0.3) is 0 Å². The fourth-order valence-corrected chi connectivity index (χ4v) is 6.54. The molecular formula is C22H27ClIN5O4S. The van der Waals surface area contributed by atoms with Gasteiger partial charge in [-0.15, -0.1) is 0 Å². The Hall–Kier alpha value is -0.960. The van der Waals surface area contributed by atoms with Crippen molar-refractivity contribution in [3.8, 4) is 5.88 Å². The number of hydrogen-bond donors (Lipinski definition) is 2. The van der Waals surface area contributed by atoms with Crippen molar-refractivity contribution in [1.29, 1.82) is 0 Å². The highest BCUT2D eigenvalue weighted by molar-refractivity contribution is 14.1. The number of rotatable bonds is 6. The number of halogens is 2. The summed E-state index contributed by atoms with van der Waals surface area (Å²) in [6, 6.07) is 1.86. The molecule has 0 aliphatic carbocycles. The molecule has 0 unspecified atom stereocenters. The molecule has 34 heavy (non-hydrogen) atoms. The number of hydrogen-bond acceptors (Lipinski definition) is 10. The number of aromatic nitrogens is 3. The minimum Gasteiger partial charge on any atom is -0.468 e. The topological polar surface area (TPSA) is 116 Å². The predicted molar refractivity (Wildman–Crippen MR) is 137 cm³/mol. The van der Waals surface area contributed by atoms with Gasteiger partial charge in [-0.2, -0.15) is 0 Å². The van der Waals surface area contributed by atoms with Crippen LogP contribution in [0.5, 0.6) is 5.88 Å². The Bertz CT molecular complexity index is 1050. The molecule has 0 bridgehead atoms. The van der Waals surface area contributed by atoms with E-state index in [1.165, 1.54) is 11.8 Å². The predicted octanol–water partition coefficient (Wildman–Crippen LogP) is 2.96. The molecule has 3 aliphatic heterocycles. The zero-order valence-electron chi connectivity index (χ0n) is 18.7. The van der Waals surface area contributed by atoms with Crippen molar-refractivity contribution in [2.24, 2.45) is 11.1 Å². The quantitative estimate of drug-likeness (QED) is 0.369. The first-order valence-corrected chi connectivity index (χ1v) is 13.7. The molecule has 5 heterocycles. The van der Waals surface area contributed by atoms with Gasteiger partial charge < -0.3 is 30.0 Å². The van der Waals surface area contributed by atoms with Crippen molar-refractivity contribution in [3.63, 3.8) is 0 Å². The SMILES string of the molecule is Cc1nc(N2CCC3(CC2)CO[C@@H](I)[C@H]3N)c(CO)nc1Sc1ccnc(OC2COC2)c1Cl. The van der Waals surface area contributed by atoms with Gasteiger partial charge in [0.1, 0.15) is 26.0 Å². The zero-order valence-corrected chi connectivity index (χ0v) is 22.5. The molecule has 12 heteroatoms. The summed E-state index contributed by atoms with van der Waals surface area (Å²) in [6.45, 7) is 5.11. The Balaban J connectivity index is 1.33. The van der Waals surface area contributed by atoms with Gasteiger partial charge >= 0.3 is 0 Å². The average molecular weight is 620 g/mol. The molecule has 0 amide bonds.